The van der Waals surface area contributed by atoms with E-state index in [9.17, 15) is 5.26 Å². The van der Waals surface area contributed by atoms with Crippen molar-refractivity contribution >= 4 is 43.6 Å². The quantitative estimate of drug-likeness (QED) is 0.240. The summed E-state index contributed by atoms with van der Waals surface area (Å²) in [6.07, 6.45) is 1.84. The predicted octanol–water partition coefficient (Wildman–Crippen LogP) is 8.21. The summed E-state index contributed by atoms with van der Waals surface area (Å²) in [5.74, 6) is 1.70. The van der Waals surface area contributed by atoms with E-state index in [0.29, 0.717) is 5.56 Å². The van der Waals surface area contributed by atoms with Crippen molar-refractivity contribution < 1.29 is 0 Å². The van der Waals surface area contributed by atoms with Crippen molar-refractivity contribution in [2.24, 2.45) is 0 Å². The molecule has 4 aromatic heterocycles. The molecule has 0 saturated heterocycles. The molecule has 0 unspecified atom stereocenters. The highest BCUT2D eigenvalue weighted by molar-refractivity contribution is 6.23. The molecule has 8 rings (SSSR count). The molecule has 0 saturated carbocycles. The van der Waals surface area contributed by atoms with Crippen molar-refractivity contribution in [3.63, 3.8) is 0 Å². The highest BCUT2D eigenvalue weighted by atomic mass is 15.1. The normalized spacial score (nSPS) is 11.5. The molecule has 40 heavy (non-hydrogen) atoms. The van der Waals surface area contributed by atoms with Gasteiger partial charge in [0.2, 0.25) is 0 Å². The molecule has 0 amide bonds. The lowest BCUT2D eigenvalue weighted by atomic mass is 10.1. The number of nitriles is 1. The monoisotopic (exact) mass is 511 g/mol. The van der Waals surface area contributed by atoms with Crippen LogP contribution in [0.4, 0.5) is 0 Å². The molecular weight excluding hydrogens is 490 g/mol. The van der Waals surface area contributed by atoms with Gasteiger partial charge in [0.25, 0.3) is 0 Å². The smallest absolute Gasteiger partial charge is 0.138 e. The minimum atomic E-state index is 0.632. The first kappa shape index (κ1) is 22.3. The van der Waals surface area contributed by atoms with E-state index in [0.717, 1.165) is 50.3 Å². The van der Waals surface area contributed by atoms with E-state index in [1.54, 1.807) is 0 Å². The van der Waals surface area contributed by atoms with Crippen molar-refractivity contribution in [2.75, 3.05) is 0 Å². The van der Waals surface area contributed by atoms with Crippen LogP contribution < -0.4 is 0 Å². The molecule has 0 spiro atoms. The highest BCUT2D eigenvalue weighted by Crippen LogP contribution is 2.41. The number of pyridine rings is 2. The summed E-state index contributed by atoms with van der Waals surface area (Å²) >= 11 is 0. The predicted molar refractivity (Wildman–Crippen MR) is 161 cm³/mol. The van der Waals surface area contributed by atoms with E-state index in [2.05, 4.69) is 88.0 Å². The van der Waals surface area contributed by atoms with E-state index in [4.69, 9.17) is 9.97 Å². The maximum atomic E-state index is 9.24. The van der Waals surface area contributed by atoms with Crippen molar-refractivity contribution in [1.82, 2.24) is 19.1 Å². The van der Waals surface area contributed by atoms with Crippen LogP contribution in [0.15, 0.2) is 128 Å². The molecule has 0 aliphatic carbocycles. The molecule has 5 nitrogen and oxygen atoms in total. The average Bonchev–Trinajstić information content (AvgIpc) is 3.55. The van der Waals surface area contributed by atoms with Gasteiger partial charge in [-0.3, -0.25) is 9.13 Å². The molecule has 0 bridgehead atoms. The average molecular weight is 512 g/mol. The lowest BCUT2D eigenvalue weighted by Gasteiger charge is -2.12. The lowest BCUT2D eigenvalue weighted by Crippen LogP contribution is -2.02. The summed E-state index contributed by atoms with van der Waals surface area (Å²) in [5.41, 5.74) is 6.84. The summed E-state index contributed by atoms with van der Waals surface area (Å²) in [5, 5.41) is 13.9. The second kappa shape index (κ2) is 8.65. The maximum Gasteiger partial charge on any atom is 0.138 e. The molecule has 4 heterocycles. The number of hydrogen-bond acceptors (Lipinski definition) is 3. The van der Waals surface area contributed by atoms with Crippen LogP contribution in [0.25, 0.3) is 66.5 Å². The summed E-state index contributed by atoms with van der Waals surface area (Å²) in [6, 6.07) is 43.4. The Morgan fingerprint density at radius 3 is 1.75 bits per heavy atom. The van der Waals surface area contributed by atoms with Crippen molar-refractivity contribution in [2.45, 2.75) is 0 Å². The topological polar surface area (TPSA) is 59.4 Å². The number of para-hydroxylation sites is 2. The Morgan fingerprint density at radius 2 is 1.12 bits per heavy atom. The summed E-state index contributed by atoms with van der Waals surface area (Å²) in [7, 11) is 0. The number of hydrogen-bond donors (Lipinski definition) is 0. The van der Waals surface area contributed by atoms with Gasteiger partial charge in [-0.1, -0.05) is 72.8 Å². The molecular formula is C35H21N5. The Bertz CT molecular complexity index is 2270. The molecule has 186 valence electrons. The van der Waals surface area contributed by atoms with Crippen molar-refractivity contribution in [3.8, 4) is 29.0 Å². The molecule has 0 aliphatic heterocycles. The standard InChI is InChI=1S/C35H21N5/c36-22-23-15-17-24(18-16-23)29-10-7-14-33(38-29)40-31-12-4-2-9-26(31)28-20-19-27-25-8-1-3-11-30(25)39(34(27)35(28)40)32-13-5-6-21-37-32/h1-21H. The summed E-state index contributed by atoms with van der Waals surface area (Å²) in [6.45, 7) is 0. The molecule has 0 atom stereocenters. The van der Waals surface area contributed by atoms with Gasteiger partial charge in [-0.15, -0.1) is 0 Å². The van der Waals surface area contributed by atoms with Crippen molar-refractivity contribution in [3.05, 3.63) is 133 Å². The highest BCUT2D eigenvalue weighted by Gasteiger charge is 2.21. The van der Waals surface area contributed by atoms with Gasteiger partial charge < -0.3 is 0 Å². The third-order valence-electron chi connectivity index (χ3n) is 7.62. The number of nitrogens with zero attached hydrogens (tertiary/aromatic N) is 5. The third kappa shape index (κ3) is 3.20. The molecule has 8 aromatic rings. The van der Waals surface area contributed by atoms with Gasteiger partial charge in [0, 0.05) is 33.3 Å². The first-order valence-corrected chi connectivity index (χ1v) is 13.2. The fourth-order valence-electron chi connectivity index (χ4n) is 5.89. The summed E-state index contributed by atoms with van der Waals surface area (Å²) in [4.78, 5) is 9.93. The summed E-state index contributed by atoms with van der Waals surface area (Å²) < 4.78 is 4.55. The van der Waals surface area contributed by atoms with Gasteiger partial charge in [-0.25, -0.2) is 9.97 Å². The Morgan fingerprint density at radius 1 is 0.525 bits per heavy atom. The van der Waals surface area contributed by atoms with Gasteiger partial charge >= 0.3 is 0 Å². The van der Waals surface area contributed by atoms with Gasteiger partial charge in [0.1, 0.15) is 11.6 Å². The van der Waals surface area contributed by atoms with Gasteiger partial charge in [0.15, 0.2) is 0 Å². The first-order valence-electron chi connectivity index (χ1n) is 13.2. The Hall–Kier alpha value is -5.73. The largest absolute Gasteiger partial charge is 0.292 e. The number of aromatic nitrogens is 4. The zero-order chi connectivity index (χ0) is 26.6. The third-order valence-corrected chi connectivity index (χ3v) is 7.62. The first-order chi connectivity index (χ1) is 19.8. The zero-order valence-corrected chi connectivity index (χ0v) is 21.4. The van der Waals surface area contributed by atoms with Crippen LogP contribution in [-0.4, -0.2) is 19.1 Å². The van der Waals surface area contributed by atoms with Crippen LogP contribution in [0.3, 0.4) is 0 Å². The number of benzene rings is 4. The van der Waals surface area contributed by atoms with Crippen molar-refractivity contribution in [1.29, 1.82) is 5.26 Å². The second-order valence-electron chi connectivity index (χ2n) is 9.82. The minimum Gasteiger partial charge on any atom is -0.292 e. The molecule has 5 heteroatoms. The minimum absolute atomic E-state index is 0.632. The van der Waals surface area contributed by atoms with E-state index in [-0.39, 0.29) is 0 Å². The van der Waals surface area contributed by atoms with Crippen LogP contribution in [-0.2, 0) is 0 Å². The van der Waals surface area contributed by atoms with Crippen LogP contribution >= 0.6 is 0 Å². The Balaban J connectivity index is 1.52. The number of rotatable bonds is 3. The Kier molecular flexibility index (Phi) is 4.82. The van der Waals surface area contributed by atoms with E-state index < -0.39 is 0 Å². The SMILES string of the molecule is N#Cc1ccc(-c2cccc(-n3c4ccccc4c4ccc5c6ccccc6n(-c6ccccn6)c5c43)n2)cc1. The lowest BCUT2D eigenvalue weighted by molar-refractivity contribution is 1.06. The Labute approximate surface area is 229 Å². The van der Waals surface area contributed by atoms with Crippen LogP contribution in [0.5, 0.6) is 0 Å². The fraction of sp³-hybridized carbons (Fsp3) is 0. The van der Waals surface area contributed by atoms with Crippen LogP contribution in [0.1, 0.15) is 5.56 Å². The van der Waals surface area contributed by atoms with E-state index in [1.807, 2.05) is 54.7 Å². The number of fused-ring (bicyclic) bond motifs is 7. The molecule has 4 aromatic carbocycles. The van der Waals surface area contributed by atoms with Gasteiger partial charge in [-0.05, 0) is 48.5 Å². The molecule has 0 N–H and O–H groups in total. The van der Waals surface area contributed by atoms with Gasteiger partial charge in [0.05, 0.1) is 39.4 Å². The molecule has 0 aliphatic rings. The molecule has 0 fully saturated rings. The van der Waals surface area contributed by atoms with E-state index in [1.165, 1.54) is 16.2 Å². The molecule has 0 radical (unpaired) electrons. The maximum absolute atomic E-state index is 9.24. The second-order valence-corrected chi connectivity index (χ2v) is 9.82. The van der Waals surface area contributed by atoms with Gasteiger partial charge in [-0.2, -0.15) is 5.26 Å². The van der Waals surface area contributed by atoms with Crippen LogP contribution in [0, 0.1) is 11.3 Å². The fourth-order valence-corrected chi connectivity index (χ4v) is 5.89. The van der Waals surface area contributed by atoms with E-state index >= 15 is 0 Å². The van der Waals surface area contributed by atoms with Crippen LogP contribution in [0.2, 0.25) is 0 Å². The zero-order valence-electron chi connectivity index (χ0n) is 21.4.